The second kappa shape index (κ2) is 8.53. The number of ketones is 1. The van der Waals surface area contributed by atoms with Crippen molar-refractivity contribution in [3.05, 3.63) is 69.5 Å². The molecule has 1 amide bonds. The van der Waals surface area contributed by atoms with Crippen LogP contribution in [0.3, 0.4) is 0 Å². The van der Waals surface area contributed by atoms with Gasteiger partial charge in [-0.15, -0.1) is 0 Å². The highest BCUT2D eigenvalue weighted by molar-refractivity contribution is 6.45. The predicted molar refractivity (Wildman–Crippen MR) is 108 cm³/mol. The second-order valence-electron chi connectivity index (χ2n) is 6.52. The lowest BCUT2D eigenvalue weighted by Gasteiger charge is -2.17. The number of aromatic nitrogens is 2. The van der Waals surface area contributed by atoms with E-state index in [9.17, 15) is 29.9 Å². The molecule has 160 valence electrons. The lowest BCUT2D eigenvalue weighted by atomic mass is 9.98. The van der Waals surface area contributed by atoms with Gasteiger partial charge in [-0.3, -0.25) is 14.4 Å². The molecule has 1 aromatic rings. The van der Waals surface area contributed by atoms with Crippen LogP contribution in [-0.2, 0) is 19.1 Å². The summed E-state index contributed by atoms with van der Waals surface area (Å²) in [6.45, 7) is 1.72. The summed E-state index contributed by atoms with van der Waals surface area (Å²) in [6, 6.07) is 10.3. The number of nitrogens with one attached hydrogen (secondary N) is 2. The van der Waals surface area contributed by atoms with E-state index in [1.807, 2.05) is 0 Å². The van der Waals surface area contributed by atoms with Gasteiger partial charge in [-0.05, 0) is 24.6 Å². The standard InChI is InChI=1S/C20H17N4O7/c1-10-5-3-4-6-12(10)22-19(27)17(25)15(20(28)31-2)16-18(26)23-14-9-11(24(29)30)7-8-13(14)21-16/h3-9,15H,1-2H3,(H3-,21,22,23,25,26,27,29,30)/q-1. The molecular formula is C20H17N4O7-. The van der Waals surface area contributed by atoms with Gasteiger partial charge in [0.2, 0.25) is 17.0 Å². The maximum Gasteiger partial charge on any atom is 0.323 e. The number of carbonyl (C=O) groups excluding carboxylic acids is 3. The van der Waals surface area contributed by atoms with Crippen LogP contribution in [0.4, 0.5) is 5.69 Å². The first kappa shape index (κ1) is 21.3. The molecule has 0 fully saturated rings. The lowest BCUT2D eigenvalue weighted by Crippen LogP contribution is -2.34. The minimum atomic E-state index is -1.86. The summed E-state index contributed by atoms with van der Waals surface area (Å²) in [5, 5.41) is 34.4. The van der Waals surface area contributed by atoms with Gasteiger partial charge >= 0.3 is 5.97 Å². The number of anilines is 1. The Balaban J connectivity index is 2.04. The summed E-state index contributed by atoms with van der Waals surface area (Å²) in [6.07, 6.45) is 0. The Morgan fingerprint density at radius 3 is 2.55 bits per heavy atom. The van der Waals surface area contributed by atoms with E-state index in [1.54, 1.807) is 31.2 Å². The molecule has 1 aromatic carbocycles. The van der Waals surface area contributed by atoms with Crippen LogP contribution in [0.2, 0.25) is 0 Å². The highest BCUT2D eigenvalue weighted by atomic mass is 16.8. The average molecular weight is 425 g/mol. The van der Waals surface area contributed by atoms with Crippen LogP contribution < -0.4 is 15.6 Å². The number of benzene rings is 2. The Labute approximate surface area is 175 Å². The fraction of sp³-hybridized carbons (Fsp3) is 0.150. The van der Waals surface area contributed by atoms with Gasteiger partial charge in [0.15, 0.2) is 5.92 Å². The number of fused-ring (bicyclic) bond motifs is 1. The number of carbonyl (C=O) groups is 3. The van der Waals surface area contributed by atoms with Crippen molar-refractivity contribution in [1.82, 2.24) is 14.9 Å². The Morgan fingerprint density at radius 1 is 1.19 bits per heavy atom. The topological polar surface area (TPSA) is 171 Å². The molecule has 1 atom stereocenters. The first-order valence-corrected chi connectivity index (χ1v) is 8.92. The zero-order valence-electron chi connectivity index (χ0n) is 16.4. The molecule has 0 spiro atoms. The largest absolute Gasteiger partial charge is 0.612 e. The SMILES string of the molecule is COC(=O)C(C(=O)C(=O)Nc1ccccc1C)c1nc2ccc(=[N+]([O-])[O-])cc-2[nH]c1O. The maximum absolute atomic E-state index is 12.8. The van der Waals surface area contributed by atoms with E-state index in [-0.39, 0.29) is 16.7 Å². The van der Waals surface area contributed by atoms with E-state index in [0.29, 0.717) is 11.3 Å². The molecule has 3 rings (SSSR count). The van der Waals surface area contributed by atoms with Crippen LogP contribution in [0.25, 0.3) is 11.4 Å². The summed E-state index contributed by atoms with van der Waals surface area (Å²) in [7, 11) is 1.02. The predicted octanol–water partition coefficient (Wildman–Crippen LogP) is 0.761. The Kier molecular flexibility index (Phi) is 5.86. The Bertz CT molecular complexity index is 1210. The van der Waals surface area contributed by atoms with Gasteiger partial charge in [0, 0.05) is 17.8 Å². The van der Waals surface area contributed by atoms with E-state index in [0.717, 1.165) is 13.2 Å². The van der Waals surface area contributed by atoms with Crippen molar-refractivity contribution in [2.75, 3.05) is 12.4 Å². The number of para-hydroxylation sites is 1. The van der Waals surface area contributed by atoms with Crippen molar-refractivity contribution in [2.24, 2.45) is 0 Å². The van der Waals surface area contributed by atoms with Crippen molar-refractivity contribution >= 4 is 23.3 Å². The number of aryl methyl sites for hydroxylation is 1. The number of H-pyrrole nitrogens is 1. The number of nitrogens with zero attached hydrogens (tertiary/aromatic N) is 2. The van der Waals surface area contributed by atoms with Gasteiger partial charge in [-0.1, -0.05) is 18.2 Å². The molecule has 11 nitrogen and oxygen atoms in total. The Morgan fingerprint density at radius 2 is 1.90 bits per heavy atom. The molecule has 0 aromatic heterocycles. The average Bonchev–Trinajstić information content (AvgIpc) is 2.75. The minimum absolute atomic E-state index is 0.0934. The fourth-order valence-electron chi connectivity index (χ4n) is 2.90. The lowest BCUT2D eigenvalue weighted by molar-refractivity contribution is -0.148. The molecule has 0 saturated carbocycles. The molecule has 11 heteroatoms. The summed E-state index contributed by atoms with van der Waals surface area (Å²) in [5.41, 5.74) is 0.840. The number of ether oxygens (including phenoxy) is 1. The molecule has 0 saturated heterocycles. The number of amides is 1. The summed E-state index contributed by atoms with van der Waals surface area (Å²) >= 11 is 0. The highest BCUT2D eigenvalue weighted by Crippen LogP contribution is 2.29. The van der Waals surface area contributed by atoms with Crippen molar-refractivity contribution in [1.29, 1.82) is 0 Å². The van der Waals surface area contributed by atoms with Crippen LogP contribution in [-0.4, -0.2) is 39.8 Å². The highest BCUT2D eigenvalue weighted by Gasteiger charge is 2.38. The normalized spacial score (nSPS) is 11.5. The maximum atomic E-state index is 12.8. The number of esters is 1. The van der Waals surface area contributed by atoms with Crippen LogP contribution in [0.1, 0.15) is 17.2 Å². The van der Waals surface area contributed by atoms with Gasteiger partial charge in [0.25, 0.3) is 5.91 Å². The van der Waals surface area contributed by atoms with Crippen molar-refractivity contribution in [3.63, 3.8) is 0 Å². The Hall–Kier alpha value is -4.41. The van der Waals surface area contributed by atoms with E-state index < -0.39 is 40.1 Å². The molecule has 3 N–H and O–H groups in total. The van der Waals surface area contributed by atoms with Crippen LogP contribution in [0.5, 0.6) is 5.88 Å². The number of methoxy groups -OCH3 is 1. The number of hydrogen-bond acceptors (Lipinski definition) is 8. The summed E-state index contributed by atoms with van der Waals surface area (Å²) in [4.78, 5) is 43.6. The quantitative estimate of drug-likeness (QED) is 0.233. The van der Waals surface area contributed by atoms with E-state index in [4.69, 9.17) is 0 Å². The van der Waals surface area contributed by atoms with E-state index in [1.165, 1.54) is 12.1 Å². The number of hydrogen-bond donors (Lipinski definition) is 3. The number of Topliss-reactive ketones (excluding diaryl/α,β-unsaturated/α-hetero) is 1. The number of rotatable bonds is 5. The third-order valence-electron chi connectivity index (χ3n) is 4.52. The molecular weight excluding hydrogens is 408 g/mol. The van der Waals surface area contributed by atoms with Gasteiger partial charge in [0.1, 0.15) is 5.69 Å². The zero-order valence-corrected chi connectivity index (χ0v) is 16.4. The van der Waals surface area contributed by atoms with Crippen molar-refractivity contribution in [3.8, 4) is 17.3 Å². The molecule has 1 unspecified atom stereocenters. The molecule has 2 aliphatic rings. The van der Waals surface area contributed by atoms with Crippen LogP contribution in [0.15, 0.2) is 42.5 Å². The van der Waals surface area contributed by atoms with Crippen molar-refractivity contribution < 1.29 is 24.2 Å². The summed E-state index contributed by atoms with van der Waals surface area (Å²) in [5.74, 6) is -5.98. The first-order valence-electron chi connectivity index (χ1n) is 8.92. The monoisotopic (exact) mass is 425 g/mol. The number of aromatic amines is 1. The molecule has 31 heavy (non-hydrogen) atoms. The smallest absolute Gasteiger partial charge is 0.323 e. The summed E-state index contributed by atoms with van der Waals surface area (Å²) < 4.78 is 4.64. The zero-order chi connectivity index (χ0) is 22.7. The van der Waals surface area contributed by atoms with E-state index >= 15 is 0 Å². The van der Waals surface area contributed by atoms with E-state index in [2.05, 4.69) is 20.0 Å². The molecule has 1 heterocycles. The molecule has 0 radical (unpaired) electrons. The van der Waals surface area contributed by atoms with Crippen molar-refractivity contribution in [2.45, 2.75) is 12.8 Å². The first-order chi connectivity index (χ1) is 14.7. The minimum Gasteiger partial charge on any atom is -0.612 e. The number of aromatic hydroxyl groups is 1. The van der Waals surface area contributed by atoms with Gasteiger partial charge < -0.3 is 30.6 Å². The molecule has 1 aliphatic heterocycles. The molecule has 0 bridgehead atoms. The molecule has 1 aliphatic carbocycles. The third kappa shape index (κ3) is 4.29. The van der Waals surface area contributed by atoms with Gasteiger partial charge in [-0.2, -0.15) is 4.90 Å². The van der Waals surface area contributed by atoms with Crippen LogP contribution in [0, 0.1) is 17.3 Å². The van der Waals surface area contributed by atoms with Gasteiger partial charge in [0.05, 0.1) is 18.5 Å². The van der Waals surface area contributed by atoms with Crippen LogP contribution >= 0.6 is 0 Å². The second-order valence-corrected chi connectivity index (χ2v) is 6.52. The fourth-order valence-corrected chi connectivity index (χ4v) is 2.90. The van der Waals surface area contributed by atoms with Gasteiger partial charge in [-0.25, -0.2) is 4.98 Å². The third-order valence-corrected chi connectivity index (χ3v) is 4.52.